The third-order valence-corrected chi connectivity index (χ3v) is 12.2. The molecule has 1 fully saturated rings. The number of thiophene rings is 2. The van der Waals surface area contributed by atoms with Crippen LogP contribution in [0.25, 0.3) is 41.1 Å². The van der Waals surface area contributed by atoms with Crippen molar-refractivity contribution < 1.29 is 9.31 Å². The smallest absolute Gasteiger partial charge is 0.399 e. The third kappa shape index (κ3) is 5.30. The maximum atomic E-state index is 6.30. The maximum Gasteiger partial charge on any atom is 0.494 e. The molecular formula is C38H32BBrN2O2S2. The molecule has 2 aromatic heterocycles. The Bertz CT molecular complexity index is 2130. The van der Waals surface area contributed by atoms with Gasteiger partial charge in [0.15, 0.2) is 0 Å². The van der Waals surface area contributed by atoms with Crippen molar-refractivity contribution in [3.05, 3.63) is 112 Å². The van der Waals surface area contributed by atoms with Gasteiger partial charge in [0.2, 0.25) is 0 Å². The molecule has 3 aliphatic rings. The molecule has 3 aliphatic heterocycles. The van der Waals surface area contributed by atoms with E-state index in [2.05, 4.69) is 139 Å². The first-order chi connectivity index (χ1) is 22.1. The summed E-state index contributed by atoms with van der Waals surface area (Å²) in [6.45, 7) is 9.90. The third-order valence-electron chi connectivity index (χ3n) is 9.42. The van der Waals surface area contributed by atoms with Crippen LogP contribution in [-0.4, -0.2) is 30.7 Å². The van der Waals surface area contributed by atoms with E-state index in [9.17, 15) is 0 Å². The van der Waals surface area contributed by atoms with Gasteiger partial charge in [-0.2, -0.15) is 0 Å². The lowest BCUT2D eigenvalue weighted by molar-refractivity contribution is 0.00578. The number of halogens is 1. The maximum absolute atomic E-state index is 6.30. The van der Waals surface area contributed by atoms with Crippen LogP contribution < -0.4 is 5.46 Å². The number of hydrogen-bond acceptors (Lipinski definition) is 6. The van der Waals surface area contributed by atoms with Gasteiger partial charge in [0.05, 0.1) is 24.3 Å². The molecule has 5 heterocycles. The van der Waals surface area contributed by atoms with Gasteiger partial charge in [0.1, 0.15) is 0 Å². The van der Waals surface area contributed by atoms with E-state index in [0.717, 1.165) is 23.0 Å². The highest BCUT2D eigenvalue weighted by molar-refractivity contribution is 9.10. The van der Waals surface area contributed by atoms with Crippen LogP contribution in [0.4, 0.5) is 0 Å². The number of hydrogen-bond donors (Lipinski definition) is 0. The number of fused-ring (bicyclic) bond motifs is 4. The monoisotopic (exact) mass is 702 g/mol. The van der Waals surface area contributed by atoms with Crippen LogP contribution in [0.3, 0.4) is 0 Å². The van der Waals surface area contributed by atoms with Crippen molar-refractivity contribution in [3.8, 4) is 20.9 Å². The predicted molar refractivity (Wildman–Crippen MR) is 201 cm³/mol. The molecule has 0 spiro atoms. The Labute approximate surface area is 286 Å². The molecule has 4 nitrogen and oxygen atoms in total. The number of nitrogens with zero attached hydrogens (tertiary/aromatic N) is 2. The van der Waals surface area contributed by atoms with Gasteiger partial charge < -0.3 is 9.31 Å². The lowest BCUT2D eigenvalue weighted by atomic mass is 9.76. The summed E-state index contributed by atoms with van der Waals surface area (Å²) in [6.07, 6.45) is 3.94. The molecule has 0 amide bonds. The Kier molecular flexibility index (Phi) is 7.42. The van der Waals surface area contributed by atoms with Crippen LogP contribution in [-0.2, 0) is 22.4 Å². The largest absolute Gasteiger partial charge is 0.494 e. The van der Waals surface area contributed by atoms with E-state index >= 15 is 0 Å². The molecule has 8 heteroatoms. The van der Waals surface area contributed by atoms with Crippen LogP contribution in [0, 0.1) is 0 Å². The second-order valence-electron chi connectivity index (χ2n) is 13.0. The number of benzene rings is 4. The van der Waals surface area contributed by atoms with Gasteiger partial charge in [-0.25, -0.2) is 0 Å². The van der Waals surface area contributed by atoms with Crippen molar-refractivity contribution in [2.24, 2.45) is 9.98 Å². The van der Waals surface area contributed by atoms with Crippen LogP contribution in [0.1, 0.15) is 49.9 Å². The minimum Gasteiger partial charge on any atom is -0.399 e. The van der Waals surface area contributed by atoms with E-state index < -0.39 is 0 Å². The Morgan fingerprint density at radius 2 is 1.15 bits per heavy atom. The fourth-order valence-electron chi connectivity index (χ4n) is 6.21. The zero-order valence-electron chi connectivity index (χ0n) is 26.1. The van der Waals surface area contributed by atoms with Crippen LogP contribution in [0.15, 0.2) is 99.4 Å². The van der Waals surface area contributed by atoms with Crippen molar-refractivity contribution >= 4 is 83.8 Å². The average molecular weight is 704 g/mol. The Balaban J connectivity index is 0.000000144. The standard InChI is InChI=1S/C22H22BNO2S.C16H10BrNS/c1-21(2)22(3,4)26-23(25-21)16-9-15-12-24-13-18(15)17(11-16)20-10-14-7-5-6-8-19(14)27-20;17-12-5-11-8-18-9-14(11)13(7-12)16-6-10-3-1-2-4-15(10)19-16/h5-12H,13H2,1-4H3;1-8H,9H2. The summed E-state index contributed by atoms with van der Waals surface area (Å²) < 4.78 is 16.4. The normalized spacial score (nSPS) is 17.0. The average Bonchev–Trinajstić information content (AvgIpc) is 3.86. The van der Waals surface area contributed by atoms with Crippen molar-refractivity contribution in [1.29, 1.82) is 0 Å². The molecule has 228 valence electrons. The van der Waals surface area contributed by atoms with Crippen molar-refractivity contribution in [1.82, 2.24) is 0 Å². The first-order valence-corrected chi connectivity index (χ1v) is 17.9. The topological polar surface area (TPSA) is 43.2 Å². The van der Waals surface area contributed by atoms with Crippen molar-refractivity contribution in [2.45, 2.75) is 52.0 Å². The molecule has 0 aliphatic carbocycles. The lowest BCUT2D eigenvalue weighted by Gasteiger charge is -2.32. The second-order valence-corrected chi connectivity index (χ2v) is 16.1. The molecule has 0 radical (unpaired) electrons. The summed E-state index contributed by atoms with van der Waals surface area (Å²) in [6, 6.07) is 30.4. The van der Waals surface area contributed by atoms with E-state index in [0.29, 0.717) is 0 Å². The predicted octanol–water partition coefficient (Wildman–Crippen LogP) is 10.1. The van der Waals surface area contributed by atoms with Crippen molar-refractivity contribution in [3.63, 3.8) is 0 Å². The molecule has 46 heavy (non-hydrogen) atoms. The SMILES string of the molecule is Brc1cc2c(c(-c3cc4ccccc4s3)c1)CN=C2.CC1(C)OB(c2cc3c(c(-c4cc5ccccc5s4)c2)CN=C3)OC1(C)C. The summed E-state index contributed by atoms with van der Waals surface area (Å²) in [4.78, 5) is 11.5. The first kappa shape index (κ1) is 30.0. The molecule has 6 aromatic rings. The summed E-state index contributed by atoms with van der Waals surface area (Å²) in [5.41, 5.74) is 7.98. The van der Waals surface area contributed by atoms with Gasteiger partial charge in [-0.3, -0.25) is 9.98 Å². The van der Waals surface area contributed by atoms with Crippen LogP contribution in [0.5, 0.6) is 0 Å². The highest BCUT2D eigenvalue weighted by atomic mass is 79.9. The Morgan fingerprint density at radius 1 is 0.652 bits per heavy atom. The van der Waals surface area contributed by atoms with Gasteiger partial charge in [-0.15, -0.1) is 22.7 Å². The van der Waals surface area contributed by atoms with E-state index in [1.807, 2.05) is 35.1 Å². The number of rotatable bonds is 3. The van der Waals surface area contributed by atoms with Gasteiger partial charge >= 0.3 is 7.12 Å². The Morgan fingerprint density at radius 3 is 1.70 bits per heavy atom. The quantitative estimate of drug-likeness (QED) is 0.172. The highest BCUT2D eigenvalue weighted by Crippen LogP contribution is 2.41. The van der Waals surface area contributed by atoms with Gasteiger partial charge in [-0.1, -0.05) is 64.5 Å². The van der Waals surface area contributed by atoms with Gasteiger partial charge in [0, 0.05) is 36.1 Å². The molecule has 0 bridgehead atoms. The molecule has 0 saturated carbocycles. The first-order valence-electron chi connectivity index (χ1n) is 15.5. The zero-order valence-corrected chi connectivity index (χ0v) is 29.4. The van der Waals surface area contributed by atoms with Gasteiger partial charge in [0.25, 0.3) is 0 Å². The summed E-state index contributed by atoms with van der Waals surface area (Å²) in [7, 11) is -0.359. The minimum absolute atomic E-state index is 0.345. The molecule has 0 atom stereocenters. The molecule has 0 N–H and O–H groups in total. The van der Waals surface area contributed by atoms with E-state index in [-0.39, 0.29) is 18.3 Å². The van der Waals surface area contributed by atoms with E-state index in [4.69, 9.17) is 9.31 Å². The molecule has 0 unspecified atom stereocenters. The van der Waals surface area contributed by atoms with E-state index in [1.54, 1.807) is 0 Å². The van der Waals surface area contributed by atoms with Crippen LogP contribution >= 0.6 is 38.6 Å². The van der Waals surface area contributed by atoms with Gasteiger partial charge in [-0.05, 0) is 114 Å². The summed E-state index contributed by atoms with van der Waals surface area (Å²) in [5.74, 6) is 0. The fraction of sp³-hybridized carbons (Fsp3) is 0.211. The van der Waals surface area contributed by atoms with Crippen molar-refractivity contribution in [2.75, 3.05) is 0 Å². The fourth-order valence-corrected chi connectivity index (χ4v) is 8.90. The lowest BCUT2D eigenvalue weighted by Crippen LogP contribution is -2.41. The van der Waals surface area contributed by atoms with Crippen LogP contribution in [0.2, 0.25) is 0 Å². The molecular weight excluding hydrogens is 671 g/mol. The molecule has 1 saturated heterocycles. The van der Waals surface area contributed by atoms with E-state index in [1.165, 1.54) is 63.3 Å². The Hall–Kier alpha value is -3.40. The summed E-state index contributed by atoms with van der Waals surface area (Å²) in [5, 5.41) is 2.60. The highest BCUT2D eigenvalue weighted by Gasteiger charge is 2.52. The number of aliphatic imine (C=N–C) groups is 2. The zero-order chi connectivity index (χ0) is 31.6. The molecule has 4 aromatic carbocycles. The molecule has 9 rings (SSSR count). The minimum atomic E-state index is -0.359. The second kappa shape index (κ2) is 11.4. The summed E-state index contributed by atoms with van der Waals surface area (Å²) >= 11 is 7.28.